The van der Waals surface area contributed by atoms with Crippen LogP contribution in [0.1, 0.15) is 25.8 Å². The van der Waals surface area contributed by atoms with E-state index in [9.17, 15) is 14.0 Å². The molecule has 1 atom stereocenters. The molecule has 1 rings (SSSR count). The van der Waals surface area contributed by atoms with E-state index < -0.39 is 0 Å². The molecule has 0 saturated heterocycles. The molecule has 1 aromatic rings. The molecule has 0 saturated carbocycles. The number of ether oxygens (including phenoxy) is 1. The molecule has 0 bridgehead atoms. The molecule has 0 aliphatic carbocycles. The number of esters is 1. The molecule has 0 aliphatic rings. The van der Waals surface area contributed by atoms with Gasteiger partial charge < -0.3 is 10.1 Å². The fourth-order valence-corrected chi connectivity index (χ4v) is 1.30. The van der Waals surface area contributed by atoms with E-state index in [-0.39, 0.29) is 36.8 Å². The van der Waals surface area contributed by atoms with Crippen LogP contribution in [0, 0.1) is 11.7 Å². The maximum Gasteiger partial charge on any atom is 0.309 e. The molecule has 104 valence electrons. The molecule has 5 heteroatoms. The molecule has 1 aromatic carbocycles. The van der Waals surface area contributed by atoms with Crippen molar-refractivity contribution in [1.29, 1.82) is 0 Å². The van der Waals surface area contributed by atoms with E-state index in [1.165, 1.54) is 12.1 Å². The summed E-state index contributed by atoms with van der Waals surface area (Å²) >= 11 is 0. The second kappa shape index (κ2) is 7.51. The zero-order chi connectivity index (χ0) is 14.3. The average molecular weight is 267 g/mol. The van der Waals surface area contributed by atoms with Crippen LogP contribution in [0.4, 0.5) is 4.39 Å². The van der Waals surface area contributed by atoms with Gasteiger partial charge in [0.05, 0.1) is 5.92 Å². The van der Waals surface area contributed by atoms with Crippen LogP contribution in [-0.4, -0.2) is 18.5 Å². The fourth-order valence-electron chi connectivity index (χ4n) is 1.30. The van der Waals surface area contributed by atoms with E-state index in [2.05, 4.69) is 5.32 Å². The largest absolute Gasteiger partial charge is 0.455 e. The van der Waals surface area contributed by atoms with Gasteiger partial charge in [-0.25, -0.2) is 4.39 Å². The maximum absolute atomic E-state index is 12.7. The molecule has 0 radical (unpaired) electrons. The predicted octanol–water partition coefficient (Wildman–Crippen LogP) is 2.03. The molecule has 0 fully saturated rings. The number of amides is 1. The number of carbonyl (C=O) groups excluding carboxylic acids is 2. The van der Waals surface area contributed by atoms with Crippen LogP contribution in [0.3, 0.4) is 0 Å². The quantitative estimate of drug-likeness (QED) is 0.802. The first kappa shape index (κ1) is 15.1. The van der Waals surface area contributed by atoms with Crippen molar-refractivity contribution in [3.8, 4) is 0 Å². The van der Waals surface area contributed by atoms with E-state index >= 15 is 0 Å². The Kier molecular flexibility index (Phi) is 5.99. The van der Waals surface area contributed by atoms with Gasteiger partial charge in [-0.15, -0.1) is 0 Å². The SMILES string of the molecule is CCC(C)C(=O)OCC(=O)NCc1ccc(F)cc1. The van der Waals surface area contributed by atoms with Crippen molar-refractivity contribution in [3.05, 3.63) is 35.6 Å². The van der Waals surface area contributed by atoms with Gasteiger partial charge in [0.2, 0.25) is 0 Å². The maximum atomic E-state index is 12.7. The van der Waals surface area contributed by atoms with Crippen LogP contribution in [0.2, 0.25) is 0 Å². The monoisotopic (exact) mass is 267 g/mol. The first-order valence-corrected chi connectivity index (χ1v) is 6.20. The number of benzene rings is 1. The van der Waals surface area contributed by atoms with E-state index in [1.54, 1.807) is 19.1 Å². The van der Waals surface area contributed by atoms with Crippen LogP contribution < -0.4 is 5.32 Å². The van der Waals surface area contributed by atoms with Crippen LogP contribution in [0.25, 0.3) is 0 Å². The van der Waals surface area contributed by atoms with Crippen molar-refractivity contribution in [1.82, 2.24) is 5.32 Å². The van der Waals surface area contributed by atoms with Gasteiger partial charge in [-0.2, -0.15) is 0 Å². The highest BCUT2D eigenvalue weighted by Crippen LogP contribution is 2.03. The minimum absolute atomic E-state index is 0.204. The van der Waals surface area contributed by atoms with Gasteiger partial charge in [-0.3, -0.25) is 9.59 Å². The van der Waals surface area contributed by atoms with Crippen molar-refractivity contribution in [2.45, 2.75) is 26.8 Å². The number of carbonyl (C=O) groups is 2. The number of halogens is 1. The first-order valence-electron chi connectivity index (χ1n) is 6.20. The lowest BCUT2D eigenvalue weighted by Gasteiger charge is -2.09. The summed E-state index contributed by atoms with van der Waals surface area (Å²) < 4.78 is 17.5. The summed E-state index contributed by atoms with van der Waals surface area (Å²) in [5, 5.41) is 2.59. The molecule has 0 aliphatic heterocycles. The Morgan fingerprint density at radius 1 is 1.32 bits per heavy atom. The molecule has 1 amide bonds. The molecule has 0 spiro atoms. The third-order valence-corrected chi connectivity index (χ3v) is 2.76. The lowest BCUT2D eigenvalue weighted by atomic mass is 10.1. The molecule has 0 heterocycles. The van der Waals surface area contributed by atoms with Gasteiger partial charge in [0.1, 0.15) is 5.82 Å². The van der Waals surface area contributed by atoms with Gasteiger partial charge in [0.15, 0.2) is 6.61 Å². The third kappa shape index (κ3) is 5.50. The summed E-state index contributed by atoms with van der Waals surface area (Å²) in [7, 11) is 0. The van der Waals surface area contributed by atoms with Gasteiger partial charge in [0, 0.05) is 6.54 Å². The van der Waals surface area contributed by atoms with Crippen molar-refractivity contribution < 1.29 is 18.7 Å². The number of hydrogen-bond donors (Lipinski definition) is 1. The summed E-state index contributed by atoms with van der Waals surface area (Å²) in [6.45, 7) is 3.61. The van der Waals surface area contributed by atoms with Crippen molar-refractivity contribution in [3.63, 3.8) is 0 Å². The Morgan fingerprint density at radius 3 is 2.53 bits per heavy atom. The first-order chi connectivity index (χ1) is 9.02. The van der Waals surface area contributed by atoms with Crippen LogP contribution in [0.5, 0.6) is 0 Å². The van der Waals surface area contributed by atoms with E-state index in [4.69, 9.17) is 4.74 Å². The Balaban J connectivity index is 2.28. The van der Waals surface area contributed by atoms with Crippen LogP contribution >= 0.6 is 0 Å². The molecular formula is C14H18FNO3. The highest BCUT2D eigenvalue weighted by Gasteiger charge is 2.13. The minimum atomic E-state index is -0.376. The fraction of sp³-hybridized carbons (Fsp3) is 0.429. The molecular weight excluding hydrogens is 249 g/mol. The van der Waals surface area contributed by atoms with Crippen molar-refractivity contribution in [2.75, 3.05) is 6.61 Å². The Hall–Kier alpha value is -1.91. The zero-order valence-electron chi connectivity index (χ0n) is 11.1. The Labute approximate surface area is 112 Å². The number of hydrogen-bond acceptors (Lipinski definition) is 3. The molecule has 19 heavy (non-hydrogen) atoms. The molecule has 0 aromatic heterocycles. The normalized spacial score (nSPS) is 11.7. The van der Waals surface area contributed by atoms with E-state index in [0.29, 0.717) is 6.42 Å². The smallest absolute Gasteiger partial charge is 0.309 e. The molecule has 4 nitrogen and oxygen atoms in total. The van der Waals surface area contributed by atoms with Gasteiger partial charge >= 0.3 is 5.97 Å². The lowest BCUT2D eigenvalue weighted by Crippen LogP contribution is -2.29. The van der Waals surface area contributed by atoms with Crippen LogP contribution in [0.15, 0.2) is 24.3 Å². The van der Waals surface area contributed by atoms with Crippen LogP contribution in [-0.2, 0) is 20.9 Å². The van der Waals surface area contributed by atoms with E-state index in [0.717, 1.165) is 5.56 Å². The third-order valence-electron chi connectivity index (χ3n) is 2.76. The van der Waals surface area contributed by atoms with E-state index in [1.807, 2.05) is 6.92 Å². The van der Waals surface area contributed by atoms with Crippen molar-refractivity contribution in [2.24, 2.45) is 5.92 Å². The molecule has 1 unspecified atom stereocenters. The highest BCUT2D eigenvalue weighted by atomic mass is 19.1. The summed E-state index contributed by atoms with van der Waals surface area (Å²) in [5.74, 6) is -1.28. The number of rotatable bonds is 6. The van der Waals surface area contributed by atoms with Gasteiger partial charge in [0.25, 0.3) is 5.91 Å². The van der Waals surface area contributed by atoms with Gasteiger partial charge in [-0.1, -0.05) is 26.0 Å². The topological polar surface area (TPSA) is 55.4 Å². The standard InChI is InChI=1S/C14H18FNO3/c1-3-10(2)14(18)19-9-13(17)16-8-11-4-6-12(15)7-5-11/h4-7,10H,3,8-9H2,1-2H3,(H,16,17). The second-order valence-electron chi connectivity index (χ2n) is 4.32. The predicted molar refractivity (Wildman–Crippen MR) is 68.7 cm³/mol. The summed E-state index contributed by atoms with van der Waals surface area (Å²) in [6, 6.07) is 5.82. The summed E-state index contributed by atoms with van der Waals surface area (Å²) in [6.07, 6.45) is 0.677. The summed E-state index contributed by atoms with van der Waals surface area (Å²) in [5.41, 5.74) is 0.781. The lowest BCUT2D eigenvalue weighted by molar-refractivity contribution is -0.152. The van der Waals surface area contributed by atoms with Gasteiger partial charge in [-0.05, 0) is 24.1 Å². The second-order valence-corrected chi connectivity index (χ2v) is 4.32. The van der Waals surface area contributed by atoms with Crippen molar-refractivity contribution >= 4 is 11.9 Å². The summed E-state index contributed by atoms with van der Waals surface area (Å²) in [4.78, 5) is 22.8. The number of nitrogens with one attached hydrogen (secondary N) is 1. The molecule has 1 N–H and O–H groups in total. The Morgan fingerprint density at radius 2 is 1.95 bits per heavy atom. The Bertz CT molecular complexity index is 431. The highest BCUT2D eigenvalue weighted by molar-refractivity contribution is 5.81. The minimum Gasteiger partial charge on any atom is -0.455 e. The zero-order valence-corrected chi connectivity index (χ0v) is 11.1. The average Bonchev–Trinajstić information content (AvgIpc) is 2.43.